The van der Waals surface area contributed by atoms with Gasteiger partial charge in [0.25, 0.3) is 5.91 Å². The average Bonchev–Trinajstić information content (AvgIpc) is 2.76. The number of amides is 1. The monoisotopic (exact) mass is 275 g/mol. The van der Waals surface area contributed by atoms with Gasteiger partial charge in [0.05, 0.1) is 5.60 Å². The van der Waals surface area contributed by atoms with Crippen molar-refractivity contribution < 1.29 is 19.8 Å². The van der Waals surface area contributed by atoms with E-state index in [4.69, 9.17) is 5.11 Å². The number of benzene rings is 1. The summed E-state index contributed by atoms with van der Waals surface area (Å²) in [5.41, 5.74) is 0.451. The molecule has 1 aromatic carbocycles. The third-order valence-corrected chi connectivity index (χ3v) is 3.31. The van der Waals surface area contributed by atoms with Gasteiger partial charge in [0.1, 0.15) is 0 Å². The highest BCUT2D eigenvalue weighted by Crippen LogP contribution is 2.22. The minimum absolute atomic E-state index is 0.114. The standard InChI is InChI=1S/C15H17NO4/c1-15(20)8-9-16(10-15)14(19)12-5-2-11(3-6-12)4-7-13(17)18/h2-7,20H,8-10H2,1H3,(H,17,18)/b7-4+. The lowest BCUT2D eigenvalue weighted by Gasteiger charge is -2.19. The highest BCUT2D eigenvalue weighted by molar-refractivity contribution is 5.94. The van der Waals surface area contributed by atoms with Crippen LogP contribution in [0.25, 0.3) is 6.08 Å². The summed E-state index contributed by atoms with van der Waals surface area (Å²) in [6.45, 7) is 2.61. The number of nitrogens with zero attached hydrogens (tertiary/aromatic N) is 1. The summed E-state index contributed by atoms with van der Waals surface area (Å²) in [5.74, 6) is -1.12. The van der Waals surface area contributed by atoms with Crippen molar-refractivity contribution in [3.63, 3.8) is 0 Å². The molecule has 106 valence electrons. The van der Waals surface area contributed by atoms with E-state index < -0.39 is 11.6 Å². The summed E-state index contributed by atoms with van der Waals surface area (Å²) in [6, 6.07) is 6.72. The smallest absolute Gasteiger partial charge is 0.328 e. The van der Waals surface area contributed by atoms with Gasteiger partial charge in [-0.3, -0.25) is 4.79 Å². The van der Waals surface area contributed by atoms with E-state index in [-0.39, 0.29) is 5.91 Å². The first kappa shape index (κ1) is 14.3. The van der Waals surface area contributed by atoms with E-state index in [1.807, 2.05) is 0 Å². The zero-order chi connectivity index (χ0) is 14.8. The fraction of sp³-hybridized carbons (Fsp3) is 0.333. The first-order valence-corrected chi connectivity index (χ1v) is 6.40. The van der Waals surface area contributed by atoms with Crippen LogP contribution >= 0.6 is 0 Å². The van der Waals surface area contributed by atoms with Gasteiger partial charge in [-0.1, -0.05) is 12.1 Å². The Morgan fingerprint density at radius 2 is 1.95 bits per heavy atom. The Morgan fingerprint density at radius 3 is 2.45 bits per heavy atom. The Balaban J connectivity index is 2.07. The molecule has 1 fully saturated rings. The molecular formula is C15H17NO4. The zero-order valence-electron chi connectivity index (χ0n) is 11.2. The van der Waals surface area contributed by atoms with Crippen molar-refractivity contribution in [2.45, 2.75) is 18.9 Å². The molecule has 1 aliphatic rings. The molecule has 1 saturated heterocycles. The van der Waals surface area contributed by atoms with Crippen molar-refractivity contribution in [1.82, 2.24) is 4.90 Å². The van der Waals surface area contributed by atoms with Gasteiger partial charge in [-0.25, -0.2) is 4.79 Å². The second-order valence-electron chi connectivity index (χ2n) is 5.27. The molecule has 0 saturated carbocycles. The predicted octanol–water partition coefficient (Wildman–Crippen LogP) is 1.38. The van der Waals surface area contributed by atoms with E-state index in [0.29, 0.717) is 25.1 Å². The number of aliphatic hydroxyl groups is 1. The number of hydrogen-bond acceptors (Lipinski definition) is 3. The van der Waals surface area contributed by atoms with Gasteiger partial charge >= 0.3 is 5.97 Å². The second-order valence-corrected chi connectivity index (χ2v) is 5.27. The Hall–Kier alpha value is -2.14. The topological polar surface area (TPSA) is 77.8 Å². The fourth-order valence-electron chi connectivity index (χ4n) is 2.21. The van der Waals surface area contributed by atoms with Crippen LogP contribution in [-0.4, -0.2) is 45.7 Å². The molecule has 1 aromatic rings. The van der Waals surface area contributed by atoms with Gasteiger partial charge in [0.15, 0.2) is 0 Å². The highest BCUT2D eigenvalue weighted by Gasteiger charge is 2.34. The molecule has 0 spiro atoms. The highest BCUT2D eigenvalue weighted by atomic mass is 16.4. The Morgan fingerprint density at radius 1 is 1.30 bits per heavy atom. The van der Waals surface area contributed by atoms with Crippen LogP contribution in [0, 0.1) is 0 Å². The van der Waals surface area contributed by atoms with Crippen LogP contribution in [0.15, 0.2) is 30.3 Å². The van der Waals surface area contributed by atoms with Crippen molar-refractivity contribution in [3.8, 4) is 0 Å². The third kappa shape index (κ3) is 3.45. The summed E-state index contributed by atoms with van der Waals surface area (Å²) >= 11 is 0. The summed E-state index contributed by atoms with van der Waals surface area (Å²) in [7, 11) is 0. The van der Waals surface area contributed by atoms with Gasteiger partial charge in [0, 0.05) is 24.7 Å². The van der Waals surface area contributed by atoms with Crippen LogP contribution in [0.5, 0.6) is 0 Å². The van der Waals surface area contributed by atoms with Crippen molar-refractivity contribution in [1.29, 1.82) is 0 Å². The number of carbonyl (C=O) groups excluding carboxylic acids is 1. The minimum atomic E-state index is -1.01. The molecule has 0 radical (unpaired) electrons. The van der Waals surface area contributed by atoms with Crippen LogP contribution in [0.1, 0.15) is 29.3 Å². The lowest BCUT2D eigenvalue weighted by Crippen LogP contribution is -2.33. The number of carboxylic acid groups (broad SMARTS) is 1. The maximum absolute atomic E-state index is 12.2. The first-order valence-electron chi connectivity index (χ1n) is 6.40. The average molecular weight is 275 g/mol. The van der Waals surface area contributed by atoms with Crippen LogP contribution in [0.2, 0.25) is 0 Å². The number of carbonyl (C=O) groups is 2. The lowest BCUT2D eigenvalue weighted by molar-refractivity contribution is -0.131. The van der Waals surface area contributed by atoms with Crippen LogP contribution < -0.4 is 0 Å². The van der Waals surface area contributed by atoms with Crippen molar-refractivity contribution in [3.05, 3.63) is 41.5 Å². The van der Waals surface area contributed by atoms with Gasteiger partial charge in [0.2, 0.25) is 0 Å². The molecule has 1 heterocycles. The third-order valence-electron chi connectivity index (χ3n) is 3.31. The van der Waals surface area contributed by atoms with Gasteiger partial charge in [-0.15, -0.1) is 0 Å². The number of β-amino-alcohol motifs (C(OH)–C–C–N with tert-alkyl or cyclic N) is 1. The maximum atomic E-state index is 12.2. The normalized spacial score (nSPS) is 22.4. The van der Waals surface area contributed by atoms with Crippen LogP contribution in [0.3, 0.4) is 0 Å². The molecule has 1 aliphatic heterocycles. The van der Waals surface area contributed by atoms with Crippen molar-refractivity contribution in [2.75, 3.05) is 13.1 Å². The molecule has 2 N–H and O–H groups in total. The maximum Gasteiger partial charge on any atom is 0.328 e. The van der Waals surface area contributed by atoms with E-state index in [2.05, 4.69) is 0 Å². The molecule has 0 bridgehead atoms. The number of hydrogen-bond donors (Lipinski definition) is 2. The van der Waals surface area contributed by atoms with E-state index in [1.54, 1.807) is 36.1 Å². The number of rotatable bonds is 3. The Labute approximate surface area is 117 Å². The van der Waals surface area contributed by atoms with E-state index in [1.165, 1.54) is 6.08 Å². The number of aliphatic carboxylic acids is 1. The molecule has 0 aromatic heterocycles. The summed E-state index contributed by atoms with van der Waals surface area (Å²) in [5, 5.41) is 18.4. The number of carboxylic acids is 1. The molecular weight excluding hydrogens is 258 g/mol. The molecule has 1 unspecified atom stereocenters. The van der Waals surface area contributed by atoms with Crippen molar-refractivity contribution in [2.24, 2.45) is 0 Å². The zero-order valence-corrected chi connectivity index (χ0v) is 11.2. The molecule has 1 amide bonds. The predicted molar refractivity (Wildman–Crippen MR) is 74.3 cm³/mol. The van der Waals surface area contributed by atoms with E-state index >= 15 is 0 Å². The molecule has 20 heavy (non-hydrogen) atoms. The van der Waals surface area contributed by atoms with Crippen LogP contribution in [-0.2, 0) is 4.79 Å². The summed E-state index contributed by atoms with van der Waals surface area (Å²) < 4.78 is 0. The van der Waals surface area contributed by atoms with Gasteiger partial charge in [-0.05, 0) is 37.1 Å². The van der Waals surface area contributed by atoms with Gasteiger partial charge in [-0.2, -0.15) is 0 Å². The molecule has 1 atom stereocenters. The summed E-state index contributed by atoms with van der Waals surface area (Å²) in [4.78, 5) is 24.3. The quantitative estimate of drug-likeness (QED) is 0.817. The van der Waals surface area contributed by atoms with Crippen molar-refractivity contribution >= 4 is 18.0 Å². The summed E-state index contributed by atoms with van der Waals surface area (Å²) in [6.07, 6.45) is 3.10. The Kier molecular flexibility index (Phi) is 3.90. The lowest BCUT2D eigenvalue weighted by atomic mass is 10.1. The molecule has 5 nitrogen and oxygen atoms in total. The molecule has 0 aliphatic carbocycles. The Bertz CT molecular complexity index is 545. The second kappa shape index (κ2) is 5.46. The number of likely N-dealkylation sites (tertiary alicyclic amines) is 1. The van der Waals surface area contributed by atoms with Gasteiger partial charge < -0.3 is 15.1 Å². The van der Waals surface area contributed by atoms with E-state index in [0.717, 1.165) is 11.6 Å². The van der Waals surface area contributed by atoms with E-state index in [9.17, 15) is 14.7 Å². The SMILES string of the molecule is CC1(O)CCN(C(=O)c2ccc(/C=C/C(=O)O)cc2)C1. The molecule has 2 rings (SSSR count). The molecule has 5 heteroatoms. The minimum Gasteiger partial charge on any atom is -0.478 e. The van der Waals surface area contributed by atoms with Crippen LogP contribution in [0.4, 0.5) is 0 Å². The largest absolute Gasteiger partial charge is 0.478 e. The first-order chi connectivity index (χ1) is 9.37. The fourth-order valence-corrected chi connectivity index (χ4v) is 2.21.